The molecule has 2 fully saturated rings. The number of ether oxygens (including phenoxy) is 5. The van der Waals surface area contributed by atoms with Crippen molar-refractivity contribution in [2.24, 2.45) is 0 Å². The number of anilines is 1. The number of carbonyl (C=O) groups is 2. The summed E-state index contributed by atoms with van der Waals surface area (Å²) in [7, 11) is 0. The number of unbranched alkanes of at least 4 members (excludes halogenated alkanes) is 1. The molecular formula is C49H79N7O7. The molecule has 0 saturated carbocycles. The lowest BCUT2D eigenvalue weighted by Gasteiger charge is -2.38. The van der Waals surface area contributed by atoms with E-state index in [2.05, 4.69) is 50.4 Å². The lowest BCUT2D eigenvalue weighted by Crippen LogP contribution is -2.51. The fraction of sp³-hybridized carbons (Fsp3) is 0.673. The molecule has 1 aromatic carbocycles. The molecule has 1 spiro atoms. The van der Waals surface area contributed by atoms with Gasteiger partial charge in [-0.15, -0.1) is 6.42 Å². The molecule has 3 aliphatic heterocycles. The number of likely N-dealkylation sites (tertiary alicyclic amines) is 1. The van der Waals surface area contributed by atoms with Crippen molar-refractivity contribution in [2.75, 3.05) is 110 Å². The summed E-state index contributed by atoms with van der Waals surface area (Å²) in [4.78, 5) is 45.3. The predicted octanol–water partition coefficient (Wildman–Crippen LogP) is 7.21. The molecule has 0 aliphatic carbocycles. The van der Waals surface area contributed by atoms with Crippen LogP contribution in [0, 0.1) is 12.3 Å². The minimum atomic E-state index is -0.716. The van der Waals surface area contributed by atoms with Crippen LogP contribution >= 0.6 is 0 Å². The second-order valence-corrected chi connectivity index (χ2v) is 16.7. The van der Waals surface area contributed by atoms with Gasteiger partial charge in [0, 0.05) is 65.2 Å². The molecule has 3 aliphatic rings. The van der Waals surface area contributed by atoms with Gasteiger partial charge in [0.25, 0.3) is 0 Å². The van der Waals surface area contributed by atoms with Crippen LogP contribution < -0.4 is 4.90 Å². The van der Waals surface area contributed by atoms with Gasteiger partial charge in [0.2, 0.25) is 5.91 Å². The first kappa shape index (κ1) is 53.2. The first-order valence-corrected chi connectivity index (χ1v) is 22.5. The van der Waals surface area contributed by atoms with Crippen molar-refractivity contribution in [2.45, 2.75) is 113 Å². The molecule has 14 nitrogen and oxygen atoms in total. The van der Waals surface area contributed by atoms with Gasteiger partial charge in [0.1, 0.15) is 11.4 Å². The van der Waals surface area contributed by atoms with Crippen molar-refractivity contribution in [1.82, 2.24) is 29.2 Å². The van der Waals surface area contributed by atoms with Crippen molar-refractivity contribution >= 4 is 28.7 Å². The Morgan fingerprint density at radius 2 is 1.44 bits per heavy atom. The molecule has 0 bridgehead atoms. The van der Waals surface area contributed by atoms with Crippen LogP contribution in [0.5, 0.6) is 0 Å². The number of nitrogens with zero attached hydrogens (tertiary/aromatic N) is 7. The molecule has 2 saturated heterocycles. The number of piperidine rings is 1. The Morgan fingerprint density at radius 1 is 0.825 bits per heavy atom. The van der Waals surface area contributed by atoms with E-state index in [1.807, 2.05) is 45.6 Å². The van der Waals surface area contributed by atoms with E-state index in [0.29, 0.717) is 85.3 Å². The second kappa shape index (κ2) is 26.6. The third-order valence-electron chi connectivity index (χ3n) is 11.5. The van der Waals surface area contributed by atoms with E-state index in [4.69, 9.17) is 35.1 Å². The van der Waals surface area contributed by atoms with Crippen molar-refractivity contribution in [3.8, 4) is 12.3 Å². The number of aryl methyl sites for hydroxylation is 2. The molecule has 352 valence electrons. The molecule has 2 aromatic heterocycles. The van der Waals surface area contributed by atoms with Crippen molar-refractivity contribution in [1.29, 1.82) is 0 Å². The van der Waals surface area contributed by atoms with Gasteiger partial charge in [0.15, 0.2) is 0 Å². The Morgan fingerprint density at radius 3 is 2.06 bits per heavy atom. The quantitative estimate of drug-likeness (QED) is 0.0798. The Bertz CT molecular complexity index is 1860. The van der Waals surface area contributed by atoms with E-state index in [0.717, 1.165) is 93.2 Å². The maximum Gasteiger partial charge on any atom is 0.410 e. The van der Waals surface area contributed by atoms with Crippen LogP contribution in [0.15, 0.2) is 36.7 Å². The Kier molecular flexibility index (Phi) is 22.5. The fourth-order valence-electron chi connectivity index (χ4n) is 8.21. The van der Waals surface area contributed by atoms with Gasteiger partial charge in [-0.3, -0.25) is 19.6 Å². The van der Waals surface area contributed by atoms with Crippen LogP contribution in [0.1, 0.15) is 99.0 Å². The number of amides is 2. The normalized spacial score (nSPS) is 16.2. The molecule has 5 heterocycles. The highest BCUT2D eigenvalue weighted by molar-refractivity contribution is 6.08. The minimum Gasteiger partial charge on any atom is -0.444 e. The minimum absolute atomic E-state index is 0. The van der Waals surface area contributed by atoms with E-state index in [-0.39, 0.29) is 26.9 Å². The summed E-state index contributed by atoms with van der Waals surface area (Å²) in [5.74, 6) is 3.61. The van der Waals surface area contributed by atoms with Gasteiger partial charge in [0.05, 0.1) is 87.7 Å². The number of rotatable bonds is 21. The SMILES string of the molecule is C.C.C#CCN1CCN(CCOCCOCCOCCOCCCCn2c(CN3C(=O)C4(CCN(C(=O)OC(C)(C)C)CC4)c4ccncc43)nc3cc(CC)ccc32)CC1.CC. The van der Waals surface area contributed by atoms with E-state index in [9.17, 15) is 9.59 Å². The lowest BCUT2D eigenvalue weighted by molar-refractivity contribution is -0.125. The number of imidazole rings is 1. The maximum atomic E-state index is 14.5. The Balaban J connectivity index is 0.00000260. The van der Waals surface area contributed by atoms with Gasteiger partial charge >= 0.3 is 6.09 Å². The fourth-order valence-corrected chi connectivity index (χ4v) is 8.21. The van der Waals surface area contributed by atoms with Crippen molar-refractivity contribution in [3.63, 3.8) is 0 Å². The smallest absolute Gasteiger partial charge is 0.410 e. The maximum absolute atomic E-state index is 14.5. The molecule has 63 heavy (non-hydrogen) atoms. The number of carbonyl (C=O) groups excluding carboxylic acids is 2. The first-order valence-electron chi connectivity index (χ1n) is 22.5. The number of pyridine rings is 1. The predicted molar refractivity (Wildman–Crippen MR) is 252 cm³/mol. The molecule has 14 heteroatoms. The topological polar surface area (TPSA) is 124 Å². The number of aromatic nitrogens is 3. The van der Waals surface area contributed by atoms with Crippen LogP contribution in [-0.4, -0.2) is 152 Å². The van der Waals surface area contributed by atoms with Crippen LogP contribution in [0.2, 0.25) is 0 Å². The van der Waals surface area contributed by atoms with E-state index < -0.39 is 11.0 Å². The first-order chi connectivity index (χ1) is 29.6. The summed E-state index contributed by atoms with van der Waals surface area (Å²) in [5.41, 5.74) is 3.72. The third kappa shape index (κ3) is 14.7. The van der Waals surface area contributed by atoms with Crippen LogP contribution in [0.3, 0.4) is 0 Å². The van der Waals surface area contributed by atoms with Crippen molar-refractivity contribution in [3.05, 3.63) is 53.6 Å². The largest absolute Gasteiger partial charge is 0.444 e. The average Bonchev–Trinajstić information content (AvgIpc) is 3.71. The second-order valence-electron chi connectivity index (χ2n) is 16.7. The average molecular weight is 878 g/mol. The number of hydrogen-bond acceptors (Lipinski definition) is 11. The highest BCUT2D eigenvalue weighted by Crippen LogP contribution is 2.48. The zero-order chi connectivity index (χ0) is 43.7. The molecule has 3 aromatic rings. The number of benzene rings is 1. The summed E-state index contributed by atoms with van der Waals surface area (Å²) in [5, 5.41) is 0. The van der Waals surface area contributed by atoms with E-state index >= 15 is 0 Å². The Hall–Kier alpha value is -4.10. The number of terminal acetylenes is 1. The van der Waals surface area contributed by atoms with Crippen LogP contribution in [-0.2, 0) is 53.4 Å². The molecular weight excluding hydrogens is 799 g/mol. The summed E-state index contributed by atoms with van der Waals surface area (Å²) in [6.45, 7) is 24.1. The monoisotopic (exact) mass is 878 g/mol. The van der Waals surface area contributed by atoms with Crippen molar-refractivity contribution < 1.29 is 33.3 Å². The zero-order valence-corrected chi connectivity index (χ0v) is 37.8. The van der Waals surface area contributed by atoms with Crippen LogP contribution in [0.25, 0.3) is 11.0 Å². The molecule has 0 radical (unpaired) electrons. The summed E-state index contributed by atoms with van der Waals surface area (Å²) < 4.78 is 30.9. The molecule has 6 rings (SSSR count). The van der Waals surface area contributed by atoms with Crippen LogP contribution in [0.4, 0.5) is 10.5 Å². The molecule has 0 N–H and O–H groups in total. The summed E-state index contributed by atoms with van der Waals surface area (Å²) in [6.07, 6.45) is 12.4. The third-order valence-corrected chi connectivity index (χ3v) is 11.5. The van der Waals surface area contributed by atoms with Gasteiger partial charge in [-0.05, 0) is 82.2 Å². The van der Waals surface area contributed by atoms with Gasteiger partial charge in [-0.2, -0.15) is 0 Å². The highest BCUT2D eigenvalue weighted by atomic mass is 16.6. The summed E-state index contributed by atoms with van der Waals surface area (Å²) >= 11 is 0. The van der Waals surface area contributed by atoms with Gasteiger partial charge in [-0.1, -0.05) is 47.6 Å². The number of fused-ring (bicyclic) bond motifs is 3. The number of piperazine rings is 1. The standard InChI is InChI=1S/C45H65N7O7.C2H6.2CH4/c1-6-16-48-20-22-49(23-21-48)24-26-56-28-30-58-32-31-57-29-27-55-25-9-8-17-51-39-11-10-36(7-2)33-38(39)47-41(51)35-52-40-34-46-15-12-37(40)45(42(52)53)13-18-50(19-14-45)43(54)59-44(3,4)5;1-2;;/h1,10-12,15,33-34H,7-9,13-14,16-32,35H2,2-5H3;1-2H3;2*1H4. The van der Waals surface area contributed by atoms with E-state index in [1.54, 1.807) is 17.3 Å². The van der Waals surface area contributed by atoms with Gasteiger partial charge in [-0.25, -0.2) is 9.78 Å². The molecule has 0 atom stereocenters. The zero-order valence-electron chi connectivity index (χ0n) is 37.8. The molecule has 0 unspecified atom stereocenters. The number of hydrogen-bond donors (Lipinski definition) is 0. The Labute approximate surface area is 378 Å². The molecule has 2 amide bonds. The summed E-state index contributed by atoms with van der Waals surface area (Å²) in [6, 6.07) is 8.43. The van der Waals surface area contributed by atoms with Gasteiger partial charge < -0.3 is 38.1 Å². The highest BCUT2D eigenvalue weighted by Gasteiger charge is 2.53. The lowest BCUT2D eigenvalue weighted by atomic mass is 9.74. The van der Waals surface area contributed by atoms with E-state index in [1.165, 1.54) is 5.56 Å².